The topological polar surface area (TPSA) is 31.4 Å². The normalized spacial score (nSPS) is 21.5. The van der Waals surface area contributed by atoms with Crippen LogP contribution < -0.4 is 5.32 Å². The zero-order chi connectivity index (χ0) is 13.9. The second kappa shape index (κ2) is 6.52. The second-order valence-electron chi connectivity index (χ2n) is 5.98. The van der Waals surface area contributed by atoms with Gasteiger partial charge in [-0.1, -0.05) is 6.92 Å². The van der Waals surface area contributed by atoms with E-state index in [9.17, 15) is 0 Å². The van der Waals surface area contributed by atoms with Gasteiger partial charge in [0.15, 0.2) is 0 Å². The van der Waals surface area contributed by atoms with E-state index in [-0.39, 0.29) is 0 Å². The average Bonchev–Trinajstić information content (AvgIpc) is 3.22. The van der Waals surface area contributed by atoms with Crippen LogP contribution in [0.2, 0.25) is 0 Å². The number of thiazole rings is 1. The highest BCUT2D eigenvalue weighted by Crippen LogP contribution is 2.23. The lowest BCUT2D eigenvalue weighted by Gasteiger charge is -2.33. The van der Waals surface area contributed by atoms with Gasteiger partial charge >= 0.3 is 0 Å². The Kier molecular flexibility index (Phi) is 4.71. The van der Waals surface area contributed by atoms with Crippen molar-refractivity contribution in [1.82, 2.24) is 20.1 Å². The Morgan fingerprint density at radius 2 is 1.90 bits per heavy atom. The molecule has 1 saturated carbocycles. The van der Waals surface area contributed by atoms with Crippen molar-refractivity contribution in [3.05, 3.63) is 15.6 Å². The van der Waals surface area contributed by atoms with E-state index in [0.29, 0.717) is 0 Å². The van der Waals surface area contributed by atoms with Crippen LogP contribution in [0.1, 0.15) is 35.3 Å². The van der Waals surface area contributed by atoms with Crippen molar-refractivity contribution in [2.75, 3.05) is 32.7 Å². The van der Waals surface area contributed by atoms with Gasteiger partial charge in [0, 0.05) is 43.6 Å². The molecule has 1 N–H and O–H groups in total. The summed E-state index contributed by atoms with van der Waals surface area (Å²) in [6.45, 7) is 12.4. The maximum Gasteiger partial charge on any atom is 0.107 e. The summed E-state index contributed by atoms with van der Waals surface area (Å²) in [6.07, 6.45) is 2.71. The van der Waals surface area contributed by atoms with E-state index < -0.39 is 0 Å². The first-order chi connectivity index (χ1) is 9.74. The summed E-state index contributed by atoms with van der Waals surface area (Å²) in [4.78, 5) is 11.3. The van der Waals surface area contributed by atoms with Gasteiger partial charge in [-0.2, -0.15) is 0 Å². The van der Waals surface area contributed by atoms with Crippen LogP contribution in [-0.4, -0.2) is 53.5 Å². The molecule has 1 aromatic rings. The molecule has 5 heteroatoms. The van der Waals surface area contributed by atoms with Crippen molar-refractivity contribution < 1.29 is 0 Å². The molecule has 1 aliphatic carbocycles. The van der Waals surface area contributed by atoms with E-state index >= 15 is 0 Å². The van der Waals surface area contributed by atoms with E-state index in [1.807, 2.05) is 11.3 Å². The molecule has 4 nitrogen and oxygen atoms in total. The van der Waals surface area contributed by atoms with Crippen LogP contribution in [0.25, 0.3) is 0 Å². The molecule has 1 aliphatic heterocycles. The Bertz CT molecular complexity index is 433. The van der Waals surface area contributed by atoms with Crippen LogP contribution >= 0.6 is 11.3 Å². The summed E-state index contributed by atoms with van der Waals surface area (Å²) in [5, 5.41) is 4.89. The predicted molar refractivity (Wildman–Crippen MR) is 84.1 cm³/mol. The van der Waals surface area contributed by atoms with E-state index in [0.717, 1.165) is 19.1 Å². The standard InChI is InChI=1S/C15H26N4S/c1-3-18-6-8-19(9-7-18)11-15-17-12(2)14(20-15)10-16-13-4-5-13/h13,16H,3-11H2,1-2H3. The Balaban J connectivity index is 1.50. The van der Waals surface area contributed by atoms with Crippen molar-refractivity contribution >= 4 is 11.3 Å². The van der Waals surface area contributed by atoms with Gasteiger partial charge in [0.05, 0.1) is 12.2 Å². The van der Waals surface area contributed by atoms with Gasteiger partial charge in [0.1, 0.15) is 5.01 Å². The number of nitrogens with zero attached hydrogens (tertiary/aromatic N) is 3. The van der Waals surface area contributed by atoms with Gasteiger partial charge in [-0.05, 0) is 26.3 Å². The molecule has 0 bridgehead atoms. The number of likely N-dealkylation sites (N-methyl/N-ethyl adjacent to an activating group) is 1. The Morgan fingerprint density at radius 3 is 2.55 bits per heavy atom. The van der Waals surface area contributed by atoms with Crippen molar-refractivity contribution in [3.8, 4) is 0 Å². The Morgan fingerprint density at radius 1 is 1.20 bits per heavy atom. The van der Waals surface area contributed by atoms with Gasteiger partial charge in [-0.25, -0.2) is 4.98 Å². The maximum absolute atomic E-state index is 4.77. The lowest BCUT2D eigenvalue weighted by Crippen LogP contribution is -2.45. The zero-order valence-corrected chi connectivity index (χ0v) is 13.5. The van der Waals surface area contributed by atoms with E-state index in [1.165, 1.54) is 61.1 Å². The molecular weight excluding hydrogens is 268 g/mol. The minimum Gasteiger partial charge on any atom is -0.309 e. The Labute approximate surface area is 126 Å². The first-order valence-electron chi connectivity index (χ1n) is 7.88. The summed E-state index contributed by atoms with van der Waals surface area (Å²) in [7, 11) is 0. The fourth-order valence-corrected chi connectivity index (χ4v) is 3.76. The van der Waals surface area contributed by atoms with Gasteiger partial charge in [0.25, 0.3) is 0 Å². The molecule has 1 aromatic heterocycles. The molecule has 0 aromatic carbocycles. The minimum atomic E-state index is 0.780. The molecule has 0 amide bonds. The van der Waals surface area contributed by atoms with E-state index in [1.54, 1.807) is 0 Å². The van der Waals surface area contributed by atoms with Gasteiger partial charge in [-0.15, -0.1) is 11.3 Å². The number of aromatic nitrogens is 1. The van der Waals surface area contributed by atoms with Gasteiger partial charge in [0.2, 0.25) is 0 Å². The number of piperazine rings is 1. The fraction of sp³-hybridized carbons (Fsp3) is 0.800. The summed E-state index contributed by atoms with van der Waals surface area (Å²) in [5.41, 5.74) is 1.23. The van der Waals surface area contributed by atoms with Crippen LogP contribution in [0.4, 0.5) is 0 Å². The monoisotopic (exact) mass is 294 g/mol. The molecule has 20 heavy (non-hydrogen) atoms. The van der Waals surface area contributed by atoms with Crippen LogP contribution in [0.15, 0.2) is 0 Å². The van der Waals surface area contributed by atoms with Gasteiger partial charge < -0.3 is 10.2 Å². The smallest absolute Gasteiger partial charge is 0.107 e. The maximum atomic E-state index is 4.77. The molecule has 0 unspecified atom stereocenters. The summed E-state index contributed by atoms with van der Waals surface area (Å²) < 4.78 is 0. The highest BCUT2D eigenvalue weighted by molar-refractivity contribution is 7.11. The van der Waals surface area contributed by atoms with Crippen LogP contribution in [-0.2, 0) is 13.1 Å². The summed E-state index contributed by atoms with van der Waals surface area (Å²) >= 11 is 1.90. The van der Waals surface area contributed by atoms with Crippen LogP contribution in [0.5, 0.6) is 0 Å². The van der Waals surface area contributed by atoms with Crippen molar-refractivity contribution in [1.29, 1.82) is 0 Å². The number of hydrogen-bond acceptors (Lipinski definition) is 5. The second-order valence-corrected chi connectivity index (χ2v) is 7.15. The highest BCUT2D eigenvalue weighted by Gasteiger charge is 2.21. The van der Waals surface area contributed by atoms with E-state index in [2.05, 4.69) is 29.0 Å². The number of aryl methyl sites for hydroxylation is 1. The van der Waals surface area contributed by atoms with Crippen molar-refractivity contribution in [3.63, 3.8) is 0 Å². The molecule has 2 heterocycles. The minimum absolute atomic E-state index is 0.780. The lowest BCUT2D eigenvalue weighted by atomic mass is 10.3. The first kappa shape index (κ1) is 14.4. The molecule has 0 atom stereocenters. The molecule has 112 valence electrons. The molecule has 2 fully saturated rings. The zero-order valence-electron chi connectivity index (χ0n) is 12.7. The van der Waals surface area contributed by atoms with Crippen molar-refractivity contribution in [2.24, 2.45) is 0 Å². The highest BCUT2D eigenvalue weighted by atomic mass is 32.1. The van der Waals surface area contributed by atoms with Crippen LogP contribution in [0, 0.1) is 6.92 Å². The molecule has 1 saturated heterocycles. The third-order valence-electron chi connectivity index (χ3n) is 4.34. The first-order valence-corrected chi connectivity index (χ1v) is 8.69. The number of nitrogens with one attached hydrogen (secondary N) is 1. The third kappa shape index (κ3) is 3.79. The largest absolute Gasteiger partial charge is 0.309 e. The molecule has 2 aliphatic rings. The molecule has 3 rings (SSSR count). The molecule has 0 spiro atoms. The fourth-order valence-electron chi connectivity index (χ4n) is 2.70. The molecule has 0 radical (unpaired) electrons. The van der Waals surface area contributed by atoms with Crippen molar-refractivity contribution in [2.45, 2.75) is 45.8 Å². The number of rotatable bonds is 6. The summed E-state index contributed by atoms with van der Waals surface area (Å²) in [6, 6.07) is 0.780. The predicted octanol–water partition coefficient (Wildman–Crippen LogP) is 1.84. The van der Waals surface area contributed by atoms with Gasteiger partial charge in [-0.3, -0.25) is 4.90 Å². The average molecular weight is 294 g/mol. The lowest BCUT2D eigenvalue weighted by molar-refractivity contribution is 0.132. The molecular formula is C15H26N4S. The third-order valence-corrected chi connectivity index (χ3v) is 5.48. The number of hydrogen-bond donors (Lipinski definition) is 1. The summed E-state index contributed by atoms with van der Waals surface area (Å²) in [5.74, 6) is 0. The quantitative estimate of drug-likeness (QED) is 0.867. The SMILES string of the molecule is CCN1CCN(Cc2nc(C)c(CNC3CC3)s2)CC1. The van der Waals surface area contributed by atoms with Crippen LogP contribution in [0.3, 0.4) is 0 Å². The van der Waals surface area contributed by atoms with E-state index in [4.69, 9.17) is 4.98 Å². The Hall–Kier alpha value is -0.490.